The Morgan fingerprint density at radius 1 is 1.08 bits per heavy atom. The molecule has 0 bridgehead atoms. The summed E-state index contributed by atoms with van der Waals surface area (Å²) < 4.78 is 10.9. The average Bonchev–Trinajstić information content (AvgIpc) is 3.17. The Labute approximate surface area is 155 Å². The first-order valence-corrected chi connectivity index (χ1v) is 8.82. The van der Waals surface area contributed by atoms with Crippen molar-refractivity contribution in [1.82, 2.24) is 4.90 Å². The number of carbonyl (C=O) groups is 1. The molecule has 1 heterocycles. The Kier molecular flexibility index (Phi) is 5.35. The van der Waals surface area contributed by atoms with Gasteiger partial charge in [-0.25, -0.2) is 0 Å². The monoisotopic (exact) mass is 354 g/mol. The lowest BCUT2D eigenvalue weighted by atomic mass is 9.97. The molecule has 3 rings (SSSR count). The molecule has 2 aromatic carbocycles. The van der Waals surface area contributed by atoms with Gasteiger partial charge in [0.05, 0.1) is 14.2 Å². The molecule has 5 heteroatoms. The van der Waals surface area contributed by atoms with E-state index in [4.69, 9.17) is 9.47 Å². The summed E-state index contributed by atoms with van der Waals surface area (Å²) in [7, 11) is 7.32. The normalized spacial score (nSPS) is 16.5. The van der Waals surface area contributed by atoms with Crippen LogP contribution >= 0.6 is 0 Å². The second kappa shape index (κ2) is 7.68. The standard InChI is InChI=1S/C21H26N2O3/c1-22(2)17-7-5-15(6-8-17)21(24)23-12-11-16(14-23)19-13-18(25-3)9-10-20(19)26-4/h5-10,13,16H,11-12,14H2,1-4H3/t16-/m1/s1. The van der Waals surface area contributed by atoms with Crippen LogP contribution in [0.5, 0.6) is 11.5 Å². The first-order chi connectivity index (χ1) is 12.5. The topological polar surface area (TPSA) is 42.0 Å². The van der Waals surface area contributed by atoms with Crippen LogP contribution in [0.25, 0.3) is 0 Å². The van der Waals surface area contributed by atoms with Gasteiger partial charge in [0, 0.05) is 49.9 Å². The van der Waals surface area contributed by atoms with Crippen LogP contribution in [0.1, 0.15) is 28.3 Å². The van der Waals surface area contributed by atoms with Gasteiger partial charge in [0.2, 0.25) is 0 Å². The van der Waals surface area contributed by atoms with Crippen molar-refractivity contribution in [2.45, 2.75) is 12.3 Å². The summed E-state index contributed by atoms with van der Waals surface area (Å²) in [5.74, 6) is 2.00. The van der Waals surface area contributed by atoms with Crippen LogP contribution in [0.15, 0.2) is 42.5 Å². The Balaban J connectivity index is 1.75. The number of anilines is 1. The van der Waals surface area contributed by atoms with Crippen LogP contribution in [-0.2, 0) is 0 Å². The predicted octanol–water partition coefficient (Wildman–Crippen LogP) is 3.40. The summed E-state index contributed by atoms with van der Waals surface area (Å²) in [5, 5.41) is 0. The third kappa shape index (κ3) is 3.62. The van der Waals surface area contributed by atoms with E-state index in [0.717, 1.165) is 41.3 Å². The number of rotatable bonds is 5. The Morgan fingerprint density at radius 2 is 1.81 bits per heavy atom. The Bertz CT molecular complexity index is 771. The molecule has 0 aliphatic carbocycles. The maximum absolute atomic E-state index is 12.8. The third-order valence-corrected chi connectivity index (χ3v) is 4.98. The lowest BCUT2D eigenvalue weighted by molar-refractivity contribution is 0.0790. The van der Waals surface area contributed by atoms with Crippen molar-refractivity contribution in [3.63, 3.8) is 0 Å². The predicted molar refractivity (Wildman–Crippen MR) is 104 cm³/mol. The van der Waals surface area contributed by atoms with Gasteiger partial charge in [0.25, 0.3) is 5.91 Å². The number of amides is 1. The molecule has 1 fully saturated rings. The summed E-state index contributed by atoms with van der Waals surface area (Å²) in [6.45, 7) is 1.44. The van der Waals surface area contributed by atoms with Crippen molar-refractivity contribution in [3.05, 3.63) is 53.6 Å². The SMILES string of the molecule is COc1ccc(OC)c([C@@H]2CCN(C(=O)c3ccc(N(C)C)cc3)C2)c1. The van der Waals surface area contributed by atoms with Crippen molar-refractivity contribution in [3.8, 4) is 11.5 Å². The fourth-order valence-electron chi connectivity index (χ4n) is 3.44. The van der Waals surface area contributed by atoms with Gasteiger partial charge in [-0.05, 0) is 48.9 Å². The number of methoxy groups -OCH3 is 2. The van der Waals surface area contributed by atoms with Crippen LogP contribution < -0.4 is 14.4 Å². The molecule has 1 saturated heterocycles. The van der Waals surface area contributed by atoms with Crippen LogP contribution in [0, 0.1) is 0 Å². The van der Waals surface area contributed by atoms with E-state index in [1.54, 1.807) is 14.2 Å². The quantitative estimate of drug-likeness (QED) is 0.825. The van der Waals surface area contributed by atoms with E-state index in [9.17, 15) is 4.79 Å². The Hall–Kier alpha value is -2.69. The highest BCUT2D eigenvalue weighted by molar-refractivity contribution is 5.94. The molecule has 0 saturated carbocycles. The fraction of sp³-hybridized carbons (Fsp3) is 0.381. The minimum Gasteiger partial charge on any atom is -0.497 e. The number of likely N-dealkylation sites (tertiary alicyclic amines) is 1. The van der Waals surface area contributed by atoms with Crippen molar-refractivity contribution >= 4 is 11.6 Å². The molecule has 0 N–H and O–H groups in total. The molecule has 0 aromatic heterocycles. The van der Waals surface area contributed by atoms with Crippen LogP contribution in [0.2, 0.25) is 0 Å². The van der Waals surface area contributed by atoms with Crippen molar-refractivity contribution in [2.75, 3.05) is 46.3 Å². The van der Waals surface area contributed by atoms with Gasteiger partial charge in [-0.3, -0.25) is 4.79 Å². The number of carbonyl (C=O) groups excluding carboxylic acids is 1. The van der Waals surface area contributed by atoms with Gasteiger partial charge in [-0.1, -0.05) is 0 Å². The third-order valence-electron chi connectivity index (χ3n) is 4.98. The molecular formula is C21H26N2O3. The van der Waals surface area contributed by atoms with Crippen LogP contribution in [-0.4, -0.2) is 52.2 Å². The van der Waals surface area contributed by atoms with Crippen LogP contribution in [0.3, 0.4) is 0 Å². The van der Waals surface area contributed by atoms with E-state index in [1.807, 2.05) is 66.4 Å². The van der Waals surface area contributed by atoms with Gasteiger partial charge in [0.1, 0.15) is 11.5 Å². The second-order valence-electron chi connectivity index (χ2n) is 6.79. The zero-order valence-electron chi connectivity index (χ0n) is 15.9. The van der Waals surface area contributed by atoms with Gasteiger partial charge in [0.15, 0.2) is 0 Å². The minimum absolute atomic E-state index is 0.0830. The molecule has 1 aliphatic rings. The van der Waals surface area contributed by atoms with Crippen molar-refractivity contribution in [2.24, 2.45) is 0 Å². The van der Waals surface area contributed by atoms with Crippen molar-refractivity contribution < 1.29 is 14.3 Å². The highest BCUT2D eigenvalue weighted by Gasteiger charge is 2.30. The zero-order chi connectivity index (χ0) is 18.7. The smallest absolute Gasteiger partial charge is 0.253 e. The Morgan fingerprint density at radius 3 is 2.42 bits per heavy atom. The first-order valence-electron chi connectivity index (χ1n) is 8.82. The molecule has 0 spiro atoms. The minimum atomic E-state index is 0.0830. The number of hydrogen-bond acceptors (Lipinski definition) is 4. The van der Waals surface area contributed by atoms with E-state index < -0.39 is 0 Å². The van der Waals surface area contributed by atoms with E-state index in [2.05, 4.69) is 0 Å². The summed E-state index contributed by atoms with van der Waals surface area (Å²) in [6.07, 6.45) is 0.922. The first kappa shape index (κ1) is 18.1. The molecule has 1 amide bonds. The van der Waals surface area contributed by atoms with E-state index in [-0.39, 0.29) is 11.8 Å². The van der Waals surface area contributed by atoms with E-state index in [1.165, 1.54) is 0 Å². The number of benzene rings is 2. The summed E-state index contributed by atoms with van der Waals surface area (Å²) in [5.41, 5.74) is 2.92. The fourth-order valence-corrected chi connectivity index (χ4v) is 3.44. The highest BCUT2D eigenvalue weighted by Crippen LogP contribution is 2.36. The summed E-state index contributed by atoms with van der Waals surface area (Å²) in [6, 6.07) is 13.6. The van der Waals surface area contributed by atoms with Crippen LogP contribution in [0.4, 0.5) is 5.69 Å². The molecule has 1 aliphatic heterocycles. The lowest BCUT2D eigenvalue weighted by Gasteiger charge is -2.19. The van der Waals surface area contributed by atoms with Crippen molar-refractivity contribution in [1.29, 1.82) is 0 Å². The molecule has 2 aromatic rings. The lowest BCUT2D eigenvalue weighted by Crippen LogP contribution is -2.28. The van der Waals surface area contributed by atoms with Gasteiger partial charge >= 0.3 is 0 Å². The average molecular weight is 354 g/mol. The largest absolute Gasteiger partial charge is 0.497 e. The molecule has 138 valence electrons. The molecule has 0 radical (unpaired) electrons. The maximum Gasteiger partial charge on any atom is 0.253 e. The zero-order valence-corrected chi connectivity index (χ0v) is 15.9. The van der Waals surface area contributed by atoms with Gasteiger partial charge in [-0.2, -0.15) is 0 Å². The molecule has 0 unspecified atom stereocenters. The molecule has 5 nitrogen and oxygen atoms in total. The van der Waals surface area contributed by atoms with Gasteiger partial charge < -0.3 is 19.3 Å². The summed E-state index contributed by atoms with van der Waals surface area (Å²) >= 11 is 0. The highest BCUT2D eigenvalue weighted by atomic mass is 16.5. The summed E-state index contributed by atoms with van der Waals surface area (Å²) in [4.78, 5) is 16.8. The molecule has 26 heavy (non-hydrogen) atoms. The molecular weight excluding hydrogens is 328 g/mol. The number of nitrogens with zero attached hydrogens (tertiary/aromatic N) is 2. The maximum atomic E-state index is 12.8. The molecule has 1 atom stereocenters. The number of ether oxygens (including phenoxy) is 2. The second-order valence-corrected chi connectivity index (χ2v) is 6.79. The number of hydrogen-bond donors (Lipinski definition) is 0. The van der Waals surface area contributed by atoms with Gasteiger partial charge in [-0.15, -0.1) is 0 Å². The van der Waals surface area contributed by atoms with E-state index in [0.29, 0.717) is 6.54 Å². The van der Waals surface area contributed by atoms with E-state index >= 15 is 0 Å².